The maximum Gasteiger partial charge on any atom is 0.249 e. The van der Waals surface area contributed by atoms with Crippen molar-refractivity contribution in [1.82, 2.24) is 5.32 Å². The Bertz CT molecular complexity index is 1050. The van der Waals surface area contributed by atoms with Crippen molar-refractivity contribution in [1.29, 1.82) is 0 Å². The van der Waals surface area contributed by atoms with Gasteiger partial charge in [-0.25, -0.2) is 0 Å². The van der Waals surface area contributed by atoms with Crippen LogP contribution in [0.4, 0.5) is 0 Å². The minimum absolute atomic E-state index is 0.381. The smallest absolute Gasteiger partial charge is 0.249 e. The molecule has 0 aliphatic carbocycles. The summed E-state index contributed by atoms with van der Waals surface area (Å²) in [4.78, 5) is 12.6. The van der Waals surface area contributed by atoms with Crippen LogP contribution in [0.25, 0.3) is 0 Å². The van der Waals surface area contributed by atoms with E-state index in [0.717, 1.165) is 44.9 Å². The lowest BCUT2D eigenvalue weighted by atomic mass is 10.0. The molecule has 0 aromatic carbocycles. The highest BCUT2D eigenvalue weighted by atomic mass is 16.3. The maximum absolute atomic E-state index is 12.6. The summed E-state index contributed by atoms with van der Waals surface area (Å²) in [5, 5.41) is 33.4. The number of allylic oxidation sites excluding steroid dienone is 7. The van der Waals surface area contributed by atoms with Crippen LogP contribution in [0.3, 0.4) is 0 Å². The number of rotatable bonds is 53. The first kappa shape index (κ1) is 63.3. The van der Waals surface area contributed by atoms with Crippen LogP contribution in [0.15, 0.2) is 48.6 Å². The first-order valence-corrected chi connectivity index (χ1v) is 29.0. The number of amides is 1. The molecule has 0 radical (unpaired) electrons. The van der Waals surface area contributed by atoms with Crippen molar-refractivity contribution in [3.8, 4) is 0 Å². The van der Waals surface area contributed by atoms with Crippen LogP contribution in [0.5, 0.6) is 0 Å². The van der Waals surface area contributed by atoms with Crippen LogP contribution >= 0.6 is 0 Å². The molecule has 65 heavy (non-hydrogen) atoms. The molecule has 0 saturated carbocycles. The second-order valence-corrected chi connectivity index (χ2v) is 19.8. The molecule has 0 aromatic rings. The highest BCUT2D eigenvalue weighted by Gasteiger charge is 2.22. The van der Waals surface area contributed by atoms with E-state index in [-0.39, 0.29) is 6.61 Å². The normalized spacial score (nSPS) is 13.6. The third-order valence-corrected chi connectivity index (χ3v) is 13.4. The summed E-state index contributed by atoms with van der Waals surface area (Å²) in [6.07, 6.45) is 73.4. The number of hydrogen-bond acceptors (Lipinski definition) is 4. The highest BCUT2D eigenvalue weighted by Crippen LogP contribution is 2.17. The van der Waals surface area contributed by atoms with Gasteiger partial charge in [0.25, 0.3) is 0 Å². The summed E-state index contributed by atoms with van der Waals surface area (Å²) >= 11 is 0. The molecule has 3 atom stereocenters. The Hall–Kier alpha value is -1.69. The van der Waals surface area contributed by atoms with Gasteiger partial charge < -0.3 is 20.6 Å². The Labute approximate surface area is 406 Å². The van der Waals surface area contributed by atoms with Gasteiger partial charge in [0.2, 0.25) is 5.91 Å². The summed E-state index contributed by atoms with van der Waals surface area (Å²) in [5.41, 5.74) is 0. The van der Waals surface area contributed by atoms with E-state index in [1.807, 2.05) is 6.08 Å². The molecule has 0 heterocycles. The molecule has 0 aliphatic rings. The Morgan fingerprint density at radius 3 is 0.938 bits per heavy atom. The van der Waals surface area contributed by atoms with Gasteiger partial charge in [-0.3, -0.25) is 4.79 Å². The fourth-order valence-corrected chi connectivity index (χ4v) is 8.86. The Morgan fingerprint density at radius 2 is 0.631 bits per heavy atom. The Kier molecular flexibility index (Phi) is 53.5. The van der Waals surface area contributed by atoms with Crippen LogP contribution in [0.1, 0.15) is 303 Å². The predicted molar refractivity (Wildman–Crippen MR) is 287 cm³/mol. The molecule has 0 aliphatic heterocycles. The number of aliphatic hydroxyl groups is 3. The second kappa shape index (κ2) is 54.9. The standard InChI is InChI=1S/C60H113NO4/c1-3-5-7-9-11-13-15-17-19-21-23-25-27-28-29-30-31-33-35-37-39-41-43-45-47-49-51-53-55-59(64)60(65)61-57(56-62)58(63)54-52-50-48-46-44-42-40-38-36-34-32-26-24-22-20-18-16-14-12-10-8-6-4-2/h28-29,36,38,44,46,52,54,57-59,62-64H,3-27,30-35,37,39-43,45,47-51,53,55-56H2,1-2H3,(H,61,65)/b29-28-,38-36+,46-44+,54-52+. The average molecular weight is 913 g/mol. The van der Waals surface area contributed by atoms with Crippen LogP contribution in [-0.4, -0.2) is 46.1 Å². The first-order chi connectivity index (χ1) is 32.1. The van der Waals surface area contributed by atoms with Crippen molar-refractivity contribution in [2.45, 2.75) is 321 Å². The molecule has 0 saturated heterocycles. The van der Waals surface area contributed by atoms with Gasteiger partial charge in [0.1, 0.15) is 6.10 Å². The molecule has 0 aromatic heterocycles. The van der Waals surface area contributed by atoms with Crippen LogP contribution in [-0.2, 0) is 4.79 Å². The molecule has 5 heteroatoms. The number of carbonyl (C=O) groups excluding carboxylic acids is 1. The zero-order valence-electron chi connectivity index (χ0n) is 43.6. The fraction of sp³-hybridized carbons (Fsp3) is 0.850. The van der Waals surface area contributed by atoms with E-state index in [4.69, 9.17) is 0 Å². The summed E-state index contributed by atoms with van der Waals surface area (Å²) in [5.74, 6) is -0.515. The quantitative estimate of drug-likeness (QED) is 0.0361. The van der Waals surface area contributed by atoms with Crippen molar-refractivity contribution < 1.29 is 20.1 Å². The molecular weight excluding hydrogens is 799 g/mol. The van der Waals surface area contributed by atoms with Gasteiger partial charge in [-0.2, -0.15) is 0 Å². The lowest BCUT2D eigenvalue weighted by Crippen LogP contribution is -2.48. The zero-order chi connectivity index (χ0) is 47.2. The molecule has 0 fully saturated rings. The lowest BCUT2D eigenvalue weighted by Gasteiger charge is -2.21. The molecule has 0 bridgehead atoms. The van der Waals surface area contributed by atoms with Crippen molar-refractivity contribution in [2.24, 2.45) is 0 Å². The van der Waals surface area contributed by atoms with E-state index in [0.29, 0.717) is 6.42 Å². The molecular formula is C60H113NO4. The topological polar surface area (TPSA) is 89.8 Å². The highest BCUT2D eigenvalue weighted by molar-refractivity contribution is 5.80. The molecule has 3 unspecified atom stereocenters. The third-order valence-electron chi connectivity index (χ3n) is 13.4. The van der Waals surface area contributed by atoms with E-state index < -0.39 is 24.2 Å². The maximum atomic E-state index is 12.6. The number of hydrogen-bond donors (Lipinski definition) is 4. The van der Waals surface area contributed by atoms with Gasteiger partial charge in [0, 0.05) is 0 Å². The van der Waals surface area contributed by atoms with Crippen molar-refractivity contribution in [2.75, 3.05) is 6.61 Å². The summed E-state index contributed by atoms with van der Waals surface area (Å²) in [6.45, 7) is 4.20. The van der Waals surface area contributed by atoms with Gasteiger partial charge in [-0.1, -0.05) is 281 Å². The van der Waals surface area contributed by atoms with E-state index in [9.17, 15) is 20.1 Å². The minimum Gasteiger partial charge on any atom is -0.394 e. The van der Waals surface area contributed by atoms with Crippen molar-refractivity contribution in [3.05, 3.63) is 48.6 Å². The van der Waals surface area contributed by atoms with Crippen molar-refractivity contribution in [3.63, 3.8) is 0 Å². The first-order valence-electron chi connectivity index (χ1n) is 29.0. The molecule has 0 rings (SSSR count). The molecule has 4 N–H and O–H groups in total. The summed E-state index contributed by atoms with van der Waals surface area (Å²) < 4.78 is 0. The van der Waals surface area contributed by atoms with Crippen LogP contribution < -0.4 is 5.32 Å². The van der Waals surface area contributed by atoms with E-state index in [1.54, 1.807) is 6.08 Å². The Morgan fingerprint density at radius 1 is 0.369 bits per heavy atom. The van der Waals surface area contributed by atoms with E-state index in [2.05, 4.69) is 55.6 Å². The minimum atomic E-state index is -1.11. The number of nitrogens with one attached hydrogen (secondary N) is 1. The molecule has 1 amide bonds. The van der Waals surface area contributed by atoms with Gasteiger partial charge in [-0.15, -0.1) is 0 Å². The van der Waals surface area contributed by atoms with Gasteiger partial charge >= 0.3 is 0 Å². The molecule has 0 spiro atoms. The second-order valence-electron chi connectivity index (χ2n) is 19.8. The summed E-state index contributed by atoms with van der Waals surface area (Å²) in [6, 6.07) is -0.823. The largest absolute Gasteiger partial charge is 0.394 e. The Balaban J connectivity index is 3.62. The summed E-state index contributed by atoms with van der Waals surface area (Å²) in [7, 11) is 0. The zero-order valence-corrected chi connectivity index (χ0v) is 43.6. The number of unbranched alkanes of at least 4 members (excludes halogenated alkanes) is 39. The predicted octanol–water partition coefficient (Wildman–Crippen LogP) is 18.0. The van der Waals surface area contributed by atoms with Gasteiger partial charge in [0.15, 0.2) is 0 Å². The molecule has 5 nitrogen and oxygen atoms in total. The fourth-order valence-electron chi connectivity index (χ4n) is 8.86. The monoisotopic (exact) mass is 912 g/mol. The lowest BCUT2D eigenvalue weighted by molar-refractivity contribution is -0.131. The molecule has 382 valence electrons. The average Bonchev–Trinajstić information content (AvgIpc) is 3.31. The van der Waals surface area contributed by atoms with Crippen molar-refractivity contribution >= 4 is 5.91 Å². The van der Waals surface area contributed by atoms with Gasteiger partial charge in [-0.05, 0) is 70.6 Å². The van der Waals surface area contributed by atoms with Crippen LogP contribution in [0, 0.1) is 0 Å². The SMILES string of the molecule is CCCCCCCCCCCCCC/C=C\CCCCCCCCCCCCCCC(O)C(=O)NC(CO)C(O)/C=C/CC/C=C/CC/C=C/CCCCCCCCCCCCCCC. The van der Waals surface area contributed by atoms with Crippen LogP contribution in [0.2, 0.25) is 0 Å². The number of carbonyl (C=O) groups is 1. The van der Waals surface area contributed by atoms with Gasteiger partial charge in [0.05, 0.1) is 18.8 Å². The van der Waals surface area contributed by atoms with E-state index in [1.165, 1.54) is 238 Å². The van der Waals surface area contributed by atoms with E-state index >= 15 is 0 Å². The number of aliphatic hydroxyl groups excluding tert-OH is 3. The third kappa shape index (κ3) is 50.0.